The maximum Gasteiger partial charge on any atom is 0.330 e. The highest BCUT2D eigenvalue weighted by atomic mass is 16.5. The number of aromatic nitrogens is 2. The topological polar surface area (TPSA) is 120 Å². The molecule has 9 heteroatoms. The van der Waals surface area contributed by atoms with Crippen LogP contribution in [0.5, 0.6) is 11.5 Å². The molecule has 0 bridgehead atoms. The quantitative estimate of drug-likeness (QED) is 0.488. The first kappa shape index (κ1) is 23.8. The molecule has 0 saturated heterocycles. The van der Waals surface area contributed by atoms with Crippen molar-refractivity contribution in [3.05, 3.63) is 81.0 Å². The second-order valence-corrected chi connectivity index (χ2v) is 7.39. The van der Waals surface area contributed by atoms with Gasteiger partial charge in [-0.2, -0.15) is 0 Å². The zero-order chi connectivity index (χ0) is 23.8. The Morgan fingerprint density at radius 1 is 1.06 bits per heavy atom. The summed E-state index contributed by atoms with van der Waals surface area (Å²) in [6.07, 6.45) is 1.54. The monoisotopic (exact) mass is 452 g/mol. The van der Waals surface area contributed by atoms with E-state index in [1.54, 1.807) is 24.3 Å². The van der Waals surface area contributed by atoms with Gasteiger partial charge in [0.1, 0.15) is 17.3 Å². The van der Waals surface area contributed by atoms with Crippen LogP contribution in [0.1, 0.15) is 30.1 Å². The van der Waals surface area contributed by atoms with E-state index in [0.29, 0.717) is 30.0 Å². The molecule has 1 amide bonds. The molecule has 0 spiro atoms. The van der Waals surface area contributed by atoms with Gasteiger partial charge < -0.3 is 15.2 Å². The molecular formula is C24H28N4O5. The van der Waals surface area contributed by atoms with E-state index in [9.17, 15) is 14.4 Å². The zero-order valence-corrected chi connectivity index (χ0v) is 18.7. The number of para-hydroxylation sites is 1. The first-order chi connectivity index (χ1) is 16.0. The van der Waals surface area contributed by atoms with Crippen molar-refractivity contribution in [1.82, 2.24) is 9.55 Å². The first-order valence-corrected chi connectivity index (χ1v) is 10.7. The van der Waals surface area contributed by atoms with Crippen molar-refractivity contribution in [2.24, 2.45) is 0 Å². The van der Waals surface area contributed by atoms with E-state index in [-0.39, 0.29) is 24.7 Å². The Labute approximate surface area is 191 Å². The number of nitrogens with one attached hydrogen (secondary N) is 1. The van der Waals surface area contributed by atoms with Gasteiger partial charge in [0, 0.05) is 25.8 Å². The Morgan fingerprint density at radius 3 is 2.36 bits per heavy atom. The molecular weight excluding hydrogens is 424 g/mol. The third-order valence-corrected chi connectivity index (χ3v) is 5.06. The minimum Gasteiger partial charge on any atom is -0.457 e. The Morgan fingerprint density at radius 2 is 1.73 bits per heavy atom. The fraction of sp³-hybridized carbons (Fsp3) is 0.292. The molecule has 3 N–H and O–H groups in total. The molecule has 33 heavy (non-hydrogen) atoms. The molecule has 3 aromatic rings. The summed E-state index contributed by atoms with van der Waals surface area (Å²) >= 11 is 0. The Bertz CT molecular complexity index is 1190. The minimum atomic E-state index is -0.723. The molecule has 0 aliphatic heterocycles. The number of methoxy groups -OCH3 is 1. The van der Waals surface area contributed by atoms with Gasteiger partial charge in [-0.1, -0.05) is 31.5 Å². The van der Waals surface area contributed by atoms with E-state index in [0.717, 1.165) is 6.42 Å². The summed E-state index contributed by atoms with van der Waals surface area (Å²) in [5.41, 5.74) is 5.15. The number of benzene rings is 2. The average molecular weight is 453 g/mol. The number of hydrogen-bond donors (Lipinski definition) is 2. The maximum absolute atomic E-state index is 13.4. The number of hydrogen-bond acceptors (Lipinski definition) is 6. The number of rotatable bonds is 10. The summed E-state index contributed by atoms with van der Waals surface area (Å²) in [7, 11) is 1.49. The van der Waals surface area contributed by atoms with Gasteiger partial charge in [-0.15, -0.1) is 0 Å². The van der Waals surface area contributed by atoms with Gasteiger partial charge in [0.05, 0.1) is 6.61 Å². The summed E-state index contributed by atoms with van der Waals surface area (Å²) in [6.45, 7) is 2.57. The van der Waals surface area contributed by atoms with Gasteiger partial charge in [0.15, 0.2) is 5.69 Å². The summed E-state index contributed by atoms with van der Waals surface area (Å²) in [4.78, 5) is 41.8. The molecule has 2 aromatic carbocycles. The second kappa shape index (κ2) is 11.1. The summed E-state index contributed by atoms with van der Waals surface area (Å²) in [5, 5.41) is 0. The van der Waals surface area contributed by atoms with Crippen molar-refractivity contribution in [3.8, 4) is 11.5 Å². The molecule has 0 unspecified atom stereocenters. The number of ether oxygens (including phenoxy) is 2. The van der Waals surface area contributed by atoms with Crippen molar-refractivity contribution in [1.29, 1.82) is 0 Å². The van der Waals surface area contributed by atoms with Crippen LogP contribution in [0.15, 0.2) is 64.2 Å². The molecule has 1 aromatic heterocycles. The third kappa shape index (κ3) is 5.69. The van der Waals surface area contributed by atoms with Crippen LogP contribution in [0.3, 0.4) is 0 Å². The molecule has 0 aliphatic rings. The van der Waals surface area contributed by atoms with Gasteiger partial charge in [-0.3, -0.25) is 24.0 Å². The lowest BCUT2D eigenvalue weighted by Crippen LogP contribution is -2.42. The minimum absolute atomic E-state index is 0.0503. The van der Waals surface area contributed by atoms with Crippen LogP contribution in [-0.2, 0) is 11.3 Å². The Balaban J connectivity index is 1.94. The van der Waals surface area contributed by atoms with E-state index < -0.39 is 17.2 Å². The van der Waals surface area contributed by atoms with Gasteiger partial charge in [-0.05, 0) is 42.8 Å². The van der Waals surface area contributed by atoms with Crippen molar-refractivity contribution in [2.75, 3.05) is 30.9 Å². The van der Waals surface area contributed by atoms with Crippen LogP contribution in [-0.4, -0.2) is 35.7 Å². The van der Waals surface area contributed by atoms with Crippen LogP contribution in [0.25, 0.3) is 0 Å². The standard InChI is InChI=1S/C24H28N4O5/c1-3-4-14-28-21(25)20(22(29)26-24(28)31)27(15-16-32-2)23(30)17-10-12-19(13-11-17)33-18-8-6-5-7-9-18/h5-13H,3-4,14-16,25H2,1-2H3,(H,26,29,31). The lowest BCUT2D eigenvalue weighted by Gasteiger charge is -2.24. The van der Waals surface area contributed by atoms with Gasteiger partial charge >= 0.3 is 5.69 Å². The molecule has 3 rings (SSSR count). The first-order valence-electron chi connectivity index (χ1n) is 10.7. The number of H-pyrrole nitrogens is 1. The number of carbonyl (C=O) groups is 1. The van der Waals surface area contributed by atoms with E-state index in [1.807, 2.05) is 37.3 Å². The summed E-state index contributed by atoms with van der Waals surface area (Å²) < 4.78 is 12.2. The normalized spacial score (nSPS) is 10.7. The maximum atomic E-state index is 13.4. The van der Waals surface area contributed by atoms with Crippen molar-refractivity contribution in [3.63, 3.8) is 0 Å². The smallest absolute Gasteiger partial charge is 0.330 e. The molecule has 0 atom stereocenters. The van der Waals surface area contributed by atoms with Gasteiger partial charge in [0.2, 0.25) is 0 Å². The van der Waals surface area contributed by atoms with E-state index >= 15 is 0 Å². The number of nitrogens with two attached hydrogens (primary N) is 1. The zero-order valence-electron chi connectivity index (χ0n) is 18.7. The fourth-order valence-corrected chi connectivity index (χ4v) is 3.32. The molecule has 1 heterocycles. The third-order valence-electron chi connectivity index (χ3n) is 5.06. The second-order valence-electron chi connectivity index (χ2n) is 7.39. The predicted octanol–water partition coefficient (Wildman–Crippen LogP) is 3.00. The van der Waals surface area contributed by atoms with Crippen LogP contribution < -0.4 is 26.6 Å². The van der Waals surface area contributed by atoms with Gasteiger partial charge in [-0.25, -0.2) is 4.79 Å². The Hall–Kier alpha value is -3.85. The highest BCUT2D eigenvalue weighted by Gasteiger charge is 2.25. The van der Waals surface area contributed by atoms with Crippen molar-refractivity contribution in [2.45, 2.75) is 26.3 Å². The highest BCUT2D eigenvalue weighted by Crippen LogP contribution is 2.24. The number of nitrogen functional groups attached to an aromatic ring is 1. The van der Waals surface area contributed by atoms with Crippen molar-refractivity contribution < 1.29 is 14.3 Å². The molecule has 9 nitrogen and oxygen atoms in total. The van der Waals surface area contributed by atoms with Crippen LogP contribution in [0, 0.1) is 0 Å². The number of anilines is 2. The SMILES string of the molecule is CCCCn1c(N)c(N(CCOC)C(=O)c2ccc(Oc3ccccc3)cc2)c(=O)[nH]c1=O. The van der Waals surface area contributed by atoms with Crippen molar-refractivity contribution >= 4 is 17.4 Å². The van der Waals surface area contributed by atoms with E-state index in [4.69, 9.17) is 15.2 Å². The number of amides is 1. The fourth-order valence-electron chi connectivity index (χ4n) is 3.32. The molecule has 174 valence electrons. The van der Waals surface area contributed by atoms with E-state index in [2.05, 4.69) is 4.98 Å². The molecule has 0 aliphatic carbocycles. The molecule has 0 fully saturated rings. The van der Waals surface area contributed by atoms with Crippen LogP contribution in [0.4, 0.5) is 11.5 Å². The van der Waals surface area contributed by atoms with Crippen LogP contribution >= 0.6 is 0 Å². The van der Waals surface area contributed by atoms with E-state index in [1.165, 1.54) is 16.6 Å². The number of aromatic amines is 1. The largest absolute Gasteiger partial charge is 0.457 e. The number of carbonyl (C=O) groups excluding carboxylic acids is 1. The summed E-state index contributed by atoms with van der Waals surface area (Å²) in [5.74, 6) is 0.737. The average Bonchev–Trinajstić information content (AvgIpc) is 2.81. The Kier molecular flexibility index (Phi) is 8.04. The summed E-state index contributed by atoms with van der Waals surface area (Å²) in [6, 6.07) is 15.8. The lowest BCUT2D eigenvalue weighted by molar-refractivity contribution is 0.0975. The molecule has 0 saturated carbocycles. The van der Waals surface area contributed by atoms with Gasteiger partial charge in [0.25, 0.3) is 11.5 Å². The predicted molar refractivity (Wildman–Crippen MR) is 127 cm³/mol. The lowest BCUT2D eigenvalue weighted by atomic mass is 10.1. The number of nitrogens with zero attached hydrogens (tertiary/aromatic N) is 2. The number of unbranched alkanes of at least 4 members (excludes halogenated alkanes) is 1. The highest BCUT2D eigenvalue weighted by molar-refractivity contribution is 6.07. The molecule has 0 radical (unpaired) electrons. The van der Waals surface area contributed by atoms with Crippen LogP contribution in [0.2, 0.25) is 0 Å².